The second-order valence-electron chi connectivity index (χ2n) is 12.1. The van der Waals surface area contributed by atoms with Crippen LogP contribution in [0.25, 0.3) is 5.32 Å². The predicted octanol–water partition coefficient (Wildman–Crippen LogP) is 4.07. The van der Waals surface area contributed by atoms with Crippen molar-refractivity contribution < 1.29 is 31.0 Å². The Kier molecular flexibility index (Phi) is 12.1. The number of piperazine rings is 1. The minimum atomic E-state index is -0.941. The van der Waals surface area contributed by atoms with E-state index in [2.05, 4.69) is 43.7 Å². The van der Waals surface area contributed by atoms with Gasteiger partial charge in [0.1, 0.15) is 22.6 Å². The van der Waals surface area contributed by atoms with E-state index in [1.54, 1.807) is 0 Å². The van der Waals surface area contributed by atoms with E-state index < -0.39 is 5.41 Å². The first-order valence-electron chi connectivity index (χ1n) is 15.6. The molecule has 1 amide bonds. The van der Waals surface area contributed by atoms with Crippen LogP contribution >= 0.6 is 11.3 Å². The van der Waals surface area contributed by atoms with Gasteiger partial charge in [0.25, 0.3) is 5.91 Å². The molecule has 2 aromatic rings. The number of nitrogens with zero attached hydrogens (tertiary/aromatic N) is 7. The first-order chi connectivity index (χ1) is 21.3. The molecule has 5 heterocycles. The van der Waals surface area contributed by atoms with E-state index in [9.17, 15) is 10.1 Å². The van der Waals surface area contributed by atoms with Gasteiger partial charge in [-0.15, -0.1) is 24.4 Å². The molecular formula is C32H44N9O2SW-. The van der Waals surface area contributed by atoms with Crippen molar-refractivity contribution in [2.75, 3.05) is 67.9 Å². The van der Waals surface area contributed by atoms with Gasteiger partial charge in [0, 0.05) is 62.4 Å². The molecule has 0 saturated carbocycles. The Labute approximate surface area is 284 Å². The first kappa shape index (κ1) is 34.9. The molecule has 6 rings (SSSR count). The maximum atomic E-state index is 13.8. The zero-order chi connectivity index (χ0) is 31.3. The van der Waals surface area contributed by atoms with Crippen LogP contribution in [0.1, 0.15) is 67.1 Å². The van der Waals surface area contributed by atoms with E-state index in [0.717, 1.165) is 93.2 Å². The van der Waals surface area contributed by atoms with Gasteiger partial charge in [-0.2, -0.15) is 10.3 Å². The Morgan fingerprint density at radius 2 is 1.84 bits per heavy atom. The molecule has 4 aliphatic rings. The van der Waals surface area contributed by atoms with Crippen molar-refractivity contribution in [1.82, 2.24) is 9.88 Å². The molecule has 0 spiro atoms. The van der Waals surface area contributed by atoms with Crippen molar-refractivity contribution >= 4 is 39.6 Å². The Balaban J connectivity index is 0.00000111. The maximum absolute atomic E-state index is 13.8. The van der Waals surface area contributed by atoms with Crippen LogP contribution in [0.15, 0.2) is 30.0 Å². The number of aromatic nitrogens is 1. The SMILES string of the molecule is C=CO.CC1(C(=O)N=C(N)c2cc(N3CC[N-]CC3)cc(N3CCC(N4CCCC4)CC3)n2)CCCc2sc(N)c(C#N)c21.[W]. The number of nitrogens with two attached hydrogens (primary N) is 2. The number of carbonyl (C=O) groups is 1. The van der Waals surface area contributed by atoms with Gasteiger partial charge in [-0.05, 0) is 84.1 Å². The predicted molar refractivity (Wildman–Crippen MR) is 178 cm³/mol. The number of amides is 1. The monoisotopic (exact) mass is 802 g/mol. The number of likely N-dealkylation sites (tertiary alicyclic amines) is 1. The van der Waals surface area contributed by atoms with E-state index in [0.29, 0.717) is 28.7 Å². The number of hydrogen-bond acceptors (Lipinski definition) is 9. The number of amidine groups is 1. The zero-order valence-electron chi connectivity index (χ0n) is 26.1. The van der Waals surface area contributed by atoms with E-state index >= 15 is 0 Å². The fourth-order valence-electron chi connectivity index (χ4n) is 7.01. The van der Waals surface area contributed by atoms with Gasteiger partial charge in [0.2, 0.25) is 0 Å². The Morgan fingerprint density at radius 1 is 1.18 bits per heavy atom. The smallest absolute Gasteiger partial charge is 0.258 e. The van der Waals surface area contributed by atoms with Gasteiger partial charge in [-0.1, -0.05) is 6.58 Å². The number of fused-ring (bicyclic) bond motifs is 1. The summed E-state index contributed by atoms with van der Waals surface area (Å²) in [5, 5.41) is 22.1. The molecule has 0 aromatic carbocycles. The van der Waals surface area contributed by atoms with Crippen LogP contribution in [-0.4, -0.2) is 85.1 Å². The van der Waals surface area contributed by atoms with Crippen molar-refractivity contribution in [3.05, 3.63) is 52.0 Å². The third-order valence-electron chi connectivity index (χ3n) is 9.37. The topological polar surface area (TPSA) is 162 Å². The fourth-order valence-corrected chi connectivity index (χ4v) is 8.20. The number of aliphatic hydroxyl groups is 1. The van der Waals surface area contributed by atoms with Crippen molar-refractivity contribution in [3.8, 4) is 6.07 Å². The third-order valence-corrected chi connectivity index (χ3v) is 10.5. The normalized spacial score (nSPS) is 22.4. The molecule has 3 aliphatic heterocycles. The molecule has 5 N–H and O–H groups in total. The van der Waals surface area contributed by atoms with Crippen LogP contribution in [0.3, 0.4) is 0 Å². The number of nitriles is 1. The molecule has 0 bridgehead atoms. The number of thiophene rings is 1. The minimum absolute atomic E-state index is 0. The van der Waals surface area contributed by atoms with Gasteiger partial charge in [-0.25, -0.2) is 4.98 Å². The number of anilines is 3. The maximum Gasteiger partial charge on any atom is 0.258 e. The standard InChI is InChI=1S/C30H40N9OS.C2H4O.W/c1-30(8-4-5-24-26(30)22(19-31)28(33)41-24)29(40)36-27(32)23-17-21(38-15-9-34-10-16-38)18-25(35-23)39-13-6-20(7-14-39)37-11-2-3-12-37;1-2-3;/h17-18,20H,2-16,33H2,1H3,(H2,32,36,40);2-3H,1H2;/q-1;;. The van der Waals surface area contributed by atoms with Crippen LogP contribution < -0.4 is 21.3 Å². The van der Waals surface area contributed by atoms with Crippen molar-refractivity contribution in [3.63, 3.8) is 0 Å². The molecule has 1 atom stereocenters. The summed E-state index contributed by atoms with van der Waals surface area (Å²) < 4.78 is 0. The molecule has 13 heteroatoms. The van der Waals surface area contributed by atoms with Crippen molar-refractivity contribution in [2.45, 2.75) is 63.3 Å². The van der Waals surface area contributed by atoms with Crippen LogP contribution in [0.4, 0.5) is 16.5 Å². The zero-order valence-corrected chi connectivity index (χ0v) is 29.8. The molecule has 0 radical (unpaired) electrons. The molecular weight excluding hydrogens is 758 g/mol. The number of hydrogen-bond donors (Lipinski definition) is 3. The summed E-state index contributed by atoms with van der Waals surface area (Å²) >= 11 is 1.41. The Bertz CT molecular complexity index is 1420. The average molecular weight is 803 g/mol. The second kappa shape index (κ2) is 15.5. The second-order valence-corrected chi connectivity index (χ2v) is 13.2. The number of carbonyl (C=O) groups excluding carboxylic acids is 1. The Morgan fingerprint density at radius 3 is 2.49 bits per heavy atom. The quantitative estimate of drug-likeness (QED) is 0.230. The van der Waals surface area contributed by atoms with Crippen LogP contribution in [0.2, 0.25) is 0 Å². The molecule has 11 nitrogen and oxygen atoms in total. The van der Waals surface area contributed by atoms with E-state index in [1.807, 2.05) is 13.0 Å². The molecule has 45 heavy (non-hydrogen) atoms. The van der Waals surface area contributed by atoms with Crippen LogP contribution in [0, 0.1) is 11.3 Å². The van der Waals surface area contributed by atoms with Gasteiger partial charge in [0.15, 0.2) is 5.84 Å². The third kappa shape index (κ3) is 7.54. The summed E-state index contributed by atoms with van der Waals surface area (Å²) in [6.07, 6.45) is 7.87. The fraction of sp³-hybridized carbons (Fsp3) is 0.562. The molecule has 3 saturated heterocycles. The van der Waals surface area contributed by atoms with Crippen LogP contribution in [0.5, 0.6) is 0 Å². The molecule has 242 valence electrons. The van der Waals surface area contributed by atoms with E-state index in [4.69, 9.17) is 21.6 Å². The average Bonchev–Trinajstić information content (AvgIpc) is 3.70. The first-order valence-corrected chi connectivity index (χ1v) is 16.5. The summed E-state index contributed by atoms with van der Waals surface area (Å²) in [6, 6.07) is 6.98. The number of pyridine rings is 1. The molecule has 1 aliphatic carbocycles. The minimum Gasteiger partial charge on any atom is -0.659 e. The summed E-state index contributed by atoms with van der Waals surface area (Å²) in [7, 11) is 0. The molecule has 1 unspecified atom stereocenters. The van der Waals surface area contributed by atoms with E-state index in [1.165, 1.54) is 37.3 Å². The molecule has 2 aromatic heterocycles. The number of nitrogen functional groups attached to an aromatic ring is 1. The summed E-state index contributed by atoms with van der Waals surface area (Å²) in [5.74, 6) is 0.651. The van der Waals surface area contributed by atoms with E-state index in [-0.39, 0.29) is 32.8 Å². The summed E-state index contributed by atoms with van der Waals surface area (Å²) in [4.78, 5) is 31.5. The number of aryl methyl sites for hydroxylation is 1. The van der Waals surface area contributed by atoms with Gasteiger partial charge < -0.3 is 36.6 Å². The summed E-state index contributed by atoms with van der Waals surface area (Å²) in [6.45, 7) is 12.4. The number of rotatable bonds is 5. The Hall–Kier alpha value is -2.97. The van der Waals surface area contributed by atoms with Gasteiger partial charge in [-0.3, -0.25) is 4.79 Å². The van der Waals surface area contributed by atoms with Crippen LogP contribution in [-0.2, 0) is 37.7 Å². The number of aliphatic hydroxyl groups excluding tert-OH is 1. The largest absolute Gasteiger partial charge is 0.659 e. The summed E-state index contributed by atoms with van der Waals surface area (Å²) in [5.41, 5.74) is 14.5. The molecule has 3 fully saturated rings. The number of piperidine rings is 1. The van der Waals surface area contributed by atoms with Crippen molar-refractivity contribution in [1.29, 1.82) is 5.26 Å². The number of aliphatic imine (C=N–C) groups is 1. The van der Waals surface area contributed by atoms with Gasteiger partial charge >= 0.3 is 0 Å². The van der Waals surface area contributed by atoms with Gasteiger partial charge in [0.05, 0.1) is 17.2 Å². The van der Waals surface area contributed by atoms with Crippen molar-refractivity contribution in [2.24, 2.45) is 10.7 Å².